The molecule has 0 spiro atoms. The van der Waals surface area contributed by atoms with E-state index in [2.05, 4.69) is 47.1 Å². The van der Waals surface area contributed by atoms with Crippen molar-refractivity contribution in [1.82, 2.24) is 14.5 Å². The number of aromatic nitrogens is 2. The topological polar surface area (TPSA) is 58.1 Å². The highest BCUT2D eigenvalue weighted by molar-refractivity contribution is 5.80. The molecule has 1 N–H and O–H groups in total. The van der Waals surface area contributed by atoms with Crippen LogP contribution >= 0.6 is 0 Å². The van der Waals surface area contributed by atoms with Crippen molar-refractivity contribution in [1.29, 1.82) is 0 Å². The third-order valence-electron chi connectivity index (χ3n) is 5.79. The first-order valence-corrected chi connectivity index (χ1v) is 10.2. The number of hydrogen-bond acceptors (Lipinski definition) is 3. The van der Waals surface area contributed by atoms with Gasteiger partial charge in [-0.25, -0.2) is 4.79 Å². The highest BCUT2D eigenvalue weighted by Gasteiger charge is 2.14. The Morgan fingerprint density at radius 2 is 1.79 bits per heavy atom. The van der Waals surface area contributed by atoms with Gasteiger partial charge in [-0.1, -0.05) is 48.0 Å². The summed E-state index contributed by atoms with van der Waals surface area (Å²) < 4.78 is 1.34. The van der Waals surface area contributed by atoms with Gasteiger partial charge in [0.1, 0.15) is 0 Å². The maximum atomic E-state index is 12.8. The molecule has 3 aromatic rings. The van der Waals surface area contributed by atoms with Gasteiger partial charge in [0, 0.05) is 26.2 Å². The van der Waals surface area contributed by atoms with Crippen molar-refractivity contribution in [2.45, 2.75) is 33.2 Å². The summed E-state index contributed by atoms with van der Waals surface area (Å²) >= 11 is 0. The maximum absolute atomic E-state index is 12.8. The predicted octanol–water partition coefficient (Wildman–Crippen LogP) is 3.49. The average molecular weight is 389 g/mol. The lowest BCUT2D eigenvalue weighted by Crippen LogP contribution is -2.37. The van der Waals surface area contributed by atoms with E-state index < -0.39 is 0 Å². The van der Waals surface area contributed by atoms with Gasteiger partial charge < -0.3 is 4.98 Å². The summed E-state index contributed by atoms with van der Waals surface area (Å²) in [5.41, 5.74) is 4.97. The van der Waals surface area contributed by atoms with E-state index in [1.165, 1.54) is 21.3 Å². The van der Waals surface area contributed by atoms with Gasteiger partial charge in [0.05, 0.1) is 10.9 Å². The fourth-order valence-corrected chi connectivity index (χ4v) is 4.07. The molecule has 4 rings (SSSR count). The summed E-state index contributed by atoms with van der Waals surface area (Å²) in [7, 11) is 0. The Morgan fingerprint density at radius 1 is 1.00 bits per heavy atom. The van der Waals surface area contributed by atoms with Crippen molar-refractivity contribution in [2.75, 3.05) is 19.6 Å². The zero-order valence-electron chi connectivity index (χ0n) is 17.1. The number of rotatable bonds is 5. The van der Waals surface area contributed by atoms with Crippen LogP contribution in [0.5, 0.6) is 0 Å². The summed E-state index contributed by atoms with van der Waals surface area (Å²) in [6.45, 7) is 7.22. The number of H-pyrrole nitrogens is 1. The molecule has 0 atom stereocenters. The normalized spacial score (nSPS) is 14.9. The molecule has 5 heteroatoms. The molecule has 0 fully saturated rings. The van der Waals surface area contributed by atoms with Gasteiger partial charge in [-0.15, -0.1) is 0 Å². The van der Waals surface area contributed by atoms with Gasteiger partial charge >= 0.3 is 5.69 Å². The summed E-state index contributed by atoms with van der Waals surface area (Å²) in [5, 5.41) is 0.607. The Bertz CT molecular complexity index is 1170. The molecule has 2 aromatic carbocycles. The minimum absolute atomic E-state index is 0.193. The zero-order valence-corrected chi connectivity index (χ0v) is 17.1. The van der Waals surface area contributed by atoms with Crippen molar-refractivity contribution in [3.05, 3.63) is 86.1 Å². The first kappa shape index (κ1) is 19.4. The van der Waals surface area contributed by atoms with Crippen LogP contribution in [0.25, 0.3) is 16.5 Å². The molecule has 29 heavy (non-hydrogen) atoms. The van der Waals surface area contributed by atoms with E-state index in [1.54, 1.807) is 6.07 Å². The number of fused-ring (bicyclic) bond motifs is 1. The molecule has 0 bridgehead atoms. The van der Waals surface area contributed by atoms with Gasteiger partial charge in [0.25, 0.3) is 5.56 Å². The smallest absolute Gasteiger partial charge is 0.307 e. The van der Waals surface area contributed by atoms with Crippen molar-refractivity contribution in [3.8, 4) is 0 Å². The van der Waals surface area contributed by atoms with E-state index in [0.717, 1.165) is 38.0 Å². The lowest BCUT2D eigenvalue weighted by Gasteiger charge is -2.26. The summed E-state index contributed by atoms with van der Waals surface area (Å²) in [6, 6.07) is 14.2. The van der Waals surface area contributed by atoms with Gasteiger partial charge in [-0.2, -0.15) is 0 Å². The van der Waals surface area contributed by atoms with E-state index in [0.29, 0.717) is 17.4 Å². The van der Waals surface area contributed by atoms with Crippen LogP contribution in [0.3, 0.4) is 0 Å². The number of nitrogens with one attached hydrogen (secondary N) is 1. The quantitative estimate of drug-likeness (QED) is 0.727. The first-order valence-electron chi connectivity index (χ1n) is 10.2. The highest BCUT2D eigenvalue weighted by atomic mass is 16.2. The molecule has 0 amide bonds. The van der Waals surface area contributed by atoms with Crippen LogP contribution in [-0.2, 0) is 6.54 Å². The summed E-state index contributed by atoms with van der Waals surface area (Å²) in [5.74, 6) is 0. The molecule has 0 radical (unpaired) electrons. The molecular weight excluding hydrogens is 362 g/mol. The zero-order chi connectivity index (χ0) is 20.4. The lowest BCUT2D eigenvalue weighted by molar-refractivity contribution is 0.290. The van der Waals surface area contributed by atoms with Crippen molar-refractivity contribution in [2.24, 2.45) is 0 Å². The maximum Gasteiger partial charge on any atom is 0.328 e. The Balaban J connectivity index is 1.40. The van der Waals surface area contributed by atoms with Gasteiger partial charge in [0.15, 0.2) is 0 Å². The Labute approximate surface area is 170 Å². The van der Waals surface area contributed by atoms with Crippen LogP contribution in [0.4, 0.5) is 0 Å². The van der Waals surface area contributed by atoms with Crippen LogP contribution in [0.2, 0.25) is 0 Å². The third kappa shape index (κ3) is 4.10. The van der Waals surface area contributed by atoms with Gasteiger partial charge in [-0.3, -0.25) is 14.3 Å². The van der Waals surface area contributed by atoms with Crippen LogP contribution in [-0.4, -0.2) is 34.1 Å². The molecule has 1 aliphatic rings. The van der Waals surface area contributed by atoms with Crippen molar-refractivity contribution < 1.29 is 0 Å². The standard InChI is InChI=1S/C24H27N3O2/c1-17-7-9-19(10-8-17)20-11-15-26(16-12-20)13-4-14-27-23(28)22-18(2)5-3-6-21(22)25-24(27)29/h3,5-11H,4,12-16H2,1-2H3,(H,25,29). The lowest BCUT2D eigenvalue weighted by atomic mass is 9.98. The molecule has 2 heterocycles. The SMILES string of the molecule is Cc1ccc(C2=CCN(CCCn3c(=O)[nH]c4cccc(C)c4c3=O)CC2)cc1. The van der Waals surface area contributed by atoms with E-state index in [1.807, 2.05) is 19.1 Å². The summed E-state index contributed by atoms with van der Waals surface area (Å²) in [4.78, 5) is 30.4. The van der Waals surface area contributed by atoms with Crippen LogP contribution in [0.1, 0.15) is 29.5 Å². The molecule has 0 saturated heterocycles. The van der Waals surface area contributed by atoms with E-state index in [4.69, 9.17) is 0 Å². The number of hydrogen-bond donors (Lipinski definition) is 1. The molecule has 150 valence electrons. The fraction of sp³-hybridized carbons (Fsp3) is 0.333. The number of aromatic amines is 1. The van der Waals surface area contributed by atoms with Crippen LogP contribution in [0.15, 0.2) is 58.1 Å². The van der Waals surface area contributed by atoms with Crippen molar-refractivity contribution in [3.63, 3.8) is 0 Å². The number of nitrogens with zero attached hydrogens (tertiary/aromatic N) is 2. The second-order valence-electron chi connectivity index (χ2n) is 7.88. The fourth-order valence-electron chi connectivity index (χ4n) is 4.07. The Morgan fingerprint density at radius 3 is 2.52 bits per heavy atom. The first-order chi connectivity index (χ1) is 14.0. The predicted molar refractivity (Wildman–Crippen MR) is 118 cm³/mol. The third-order valence-corrected chi connectivity index (χ3v) is 5.79. The van der Waals surface area contributed by atoms with Gasteiger partial charge in [-0.05, 0) is 49.5 Å². The minimum atomic E-state index is -0.326. The molecule has 0 unspecified atom stereocenters. The molecule has 1 aliphatic heterocycles. The summed E-state index contributed by atoms with van der Waals surface area (Å²) in [6.07, 6.45) is 4.10. The highest BCUT2D eigenvalue weighted by Crippen LogP contribution is 2.22. The van der Waals surface area contributed by atoms with E-state index >= 15 is 0 Å². The number of benzene rings is 2. The molecular formula is C24H27N3O2. The molecule has 0 aliphatic carbocycles. The number of aryl methyl sites for hydroxylation is 2. The molecule has 1 aromatic heterocycles. The van der Waals surface area contributed by atoms with Crippen molar-refractivity contribution >= 4 is 16.5 Å². The second kappa shape index (κ2) is 8.21. The molecule has 5 nitrogen and oxygen atoms in total. The van der Waals surface area contributed by atoms with E-state index in [9.17, 15) is 9.59 Å². The average Bonchev–Trinajstić information content (AvgIpc) is 2.71. The second-order valence-corrected chi connectivity index (χ2v) is 7.88. The van der Waals surface area contributed by atoms with Crippen LogP contribution < -0.4 is 11.2 Å². The minimum Gasteiger partial charge on any atom is -0.307 e. The largest absolute Gasteiger partial charge is 0.328 e. The Hall–Kier alpha value is -2.92. The molecule has 0 saturated carbocycles. The van der Waals surface area contributed by atoms with Gasteiger partial charge in [0.2, 0.25) is 0 Å². The monoisotopic (exact) mass is 389 g/mol. The van der Waals surface area contributed by atoms with Crippen LogP contribution in [0, 0.1) is 13.8 Å². The Kier molecular flexibility index (Phi) is 5.49. The van der Waals surface area contributed by atoms with E-state index in [-0.39, 0.29) is 11.2 Å².